The van der Waals surface area contributed by atoms with Crippen LogP contribution in [0, 0.1) is 46.3 Å². The number of aliphatic hydroxyl groups excluding tert-OH is 1. The van der Waals surface area contributed by atoms with Gasteiger partial charge in [-0.3, -0.25) is 0 Å². The smallest absolute Gasteiger partial charge is 0.0579 e. The molecule has 1 heteroatoms. The molecule has 0 radical (unpaired) electrons. The molecule has 0 aromatic rings. The second-order valence-corrected chi connectivity index (χ2v) is 10.7. The van der Waals surface area contributed by atoms with E-state index in [9.17, 15) is 5.11 Å². The van der Waals surface area contributed by atoms with Crippen LogP contribution in [0.3, 0.4) is 0 Å². The monoisotopic (exact) mass is 328 g/mol. The van der Waals surface area contributed by atoms with Crippen LogP contribution < -0.4 is 0 Å². The Bertz CT molecular complexity index is 560. The van der Waals surface area contributed by atoms with Crippen LogP contribution in [-0.2, 0) is 0 Å². The standard InChI is InChI=1S/C23H36O/c1-14-4-7-18-21-19(9-11-22(14,18)2)23(3)10-8-16(15-5-6-15)12-17(23)13-20(21)24/h12,14-15,17-21,24H,4-11,13H2,1-3H3. The molecular formula is C23H36O. The Balaban J connectivity index is 1.48. The summed E-state index contributed by atoms with van der Waals surface area (Å²) in [4.78, 5) is 0. The van der Waals surface area contributed by atoms with Gasteiger partial charge in [0.15, 0.2) is 0 Å². The van der Waals surface area contributed by atoms with Crippen molar-refractivity contribution in [3.8, 4) is 0 Å². The molecule has 0 spiro atoms. The van der Waals surface area contributed by atoms with Crippen LogP contribution in [0.4, 0.5) is 0 Å². The lowest BCUT2D eigenvalue weighted by atomic mass is 9.44. The number of aliphatic hydroxyl groups is 1. The molecule has 0 aliphatic heterocycles. The molecule has 5 aliphatic rings. The first-order valence-corrected chi connectivity index (χ1v) is 10.8. The van der Waals surface area contributed by atoms with Crippen molar-refractivity contribution in [3.63, 3.8) is 0 Å². The molecule has 0 amide bonds. The Morgan fingerprint density at radius 2 is 1.71 bits per heavy atom. The molecule has 5 aliphatic carbocycles. The van der Waals surface area contributed by atoms with Gasteiger partial charge in [-0.15, -0.1) is 0 Å². The Morgan fingerprint density at radius 1 is 0.958 bits per heavy atom. The lowest BCUT2D eigenvalue weighted by molar-refractivity contribution is -0.146. The third-order valence-corrected chi connectivity index (χ3v) is 9.91. The quantitative estimate of drug-likeness (QED) is 0.623. The minimum Gasteiger partial charge on any atom is -0.393 e. The largest absolute Gasteiger partial charge is 0.393 e. The fourth-order valence-corrected chi connectivity index (χ4v) is 7.90. The summed E-state index contributed by atoms with van der Waals surface area (Å²) < 4.78 is 0. The normalized spacial score (nSPS) is 56.9. The highest BCUT2D eigenvalue weighted by molar-refractivity contribution is 5.23. The average Bonchev–Trinajstić information content (AvgIpc) is 3.34. The van der Waals surface area contributed by atoms with Crippen LogP contribution in [0.5, 0.6) is 0 Å². The van der Waals surface area contributed by atoms with Gasteiger partial charge in [0.25, 0.3) is 0 Å². The summed E-state index contributed by atoms with van der Waals surface area (Å²) in [6, 6.07) is 0. The van der Waals surface area contributed by atoms with Crippen molar-refractivity contribution in [3.05, 3.63) is 11.6 Å². The summed E-state index contributed by atoms with van der Waals surface area (Å²) in [5, 5.41) is 11.2. The first-order chi connectivity index (χ1) is 11.4. The van der Waals surface area contributed by atoms with Gasteiger partial charge in [-0.2, -0.15) is 0 Å². The molecule has 8 unspecified atom stereocenters. The van der Waals surface area contributed by atoms with Crippen LogP contribution in [0.25, 0.3) is 0 Å². The third-order valence-electron chi connectivity index (χ3n) is 9.91. The van der Waals surface area contributed by atoms with E-state index in [2.05, 4.69) is 26.8 Å². The Kier molecular flexibility index (Phi) is 3.39. The van der Waals surface area contributed by atoms with E-state index in [4.69, 9.17) is 0 Å². The lowest BCUT2D eigenvalue weighted by Crippen LogP contribution is -2.57. The van der Waals surface area contributed by atoms with Gasteiger partial charge < -0.3 is 5.11 Å². The van der Waals surface area contributed by atoms with E-state index in [0.29, 0.717) is 22.7 Å². The Morgan fingerprint density at radius 3 is 2.46 bits per heavy atom. The number of rotatable bonds is 1. The van der Waals surface area contributed by atoms with Crippen LogP contribution in [0.2, 0.25) is 0 Å². The van der Waals surface area contributed by atoms with Gasteiger partial charge in [0, 0.05) is 0 Å². The van der Waals surface area contributed by atoms with E-state index < -0.39 is 0 Å². The summed E-state index contributed by atoms with van der Waals surface area (Å²) in [6.45, 7) is 7.63. The summed E-state index contributed by atoms with van der Waals surface area (Å²) in [5.74, 6) is 4.58. The minimum absolute atomic E-state index is 0.0437. The topological polar surface area (TPSA) is 20.2 Å². The molecule has 4 saturated carbocycles. The second-order valence-electron chi connectivity index (χ2n) is 10.7. The van der Waals surface area contributed by atoms with Crippen LogP contribution in [-0.4, -0.2) is 11.2 Å². The predicted molar refractivity (Wildman–Crippen MR) is 98.5 cm³/mol. The SMILES string of the molecule is CC1CCC2C3C(O)CC4C=C(C5CC5)CCC4(C)C3CCC12C. The predicted octanol–water partition coefficient (Wildman–Crippen LogP) is 5.58. The van der Waals surface area contributed by atoms with Gasteiger partial charge in [-0.1, -0.05) is 32.4 Å². The zero-order valence-electron chi connectivity index (χ0n) is 15.9. The van der Waals surface area contributed by atoms with Crippen molar-refractivity contribution >= 4 is 0 Å². The van der Waals surface area contributed by atoms with Crippen molar-refractivity contribution < 1.29 is 5.11 Å². The number of fused-ring (bicyclic) bond motifs is 5. The maximum absolute atomic E-state index is 11.2. The highest BCUT2D eigenvalue weighted by Gasteiger charge is 2.61. The lowest BCUT2D eigenvalue weighted by Gasteiger charge is -2.61. The molecule has 24 heavy (non-hydrogen) atoms. The molecule has 5 rings (SSSR count). The molecule has 8 atom stereocenters. The molecule has 134 valence electrons. The van der Waals surface area contributed by atoms with Crippen molar-refractivity contribution in [1.82, 2.24) is 0 Å². The van der Waals surface area contributed by atoms with Gasteiger partial charge in [0.2, 0.25) is 0 Å². The van der Waals surface area contributed by atoms with Gasteiger partial charge in [-0.25, -0.2) is 0 Å². The maximum Gasteiger partial charge on any atom is 0.0579 e. The zero-order chi connectivity index (χ0) is 16.7. The van der Waals surface area contributed by atoms with E-state index in [1.54, 1.807) is 5.57 Å². The molecule has 1 nitrogen and oxygen atoms in total. The molecule has 1 N–H and O–H groups in total. The van der Waals surface area contributed by atoms with E-state index in [1.807, 2.05) is 0 Å². The first kappa shape index (κ1) is 15.9. The first-order valence-electron chi connectivity index (χ1n) is 10.8. The van der Waals surface area contributed by atoms with Crippen LogP contribution in [0.15, 0.2) is 11.6 Å². The van der Waals surface area contributed by atoms with Crippen molar-refractivity contribution in [2.45, 2.75) is 84.7 Å². The Labute approximate surface area is 148 Å². The van der Waals surface area contributed by atoms with Gasteiger partial charge in [0.05, 0.1) is 6.10 Å². The summed E-state index contributed by atoms with van der Waals surface area (Å²) in [7, 11) is 0. The fraction of sp³-hybridized carbons (Fsp3) is 0.913. The molecule has 4 fully saturated rings. The average molecular weight is 329 g/mol. The molecular weight excluding hydrogens is 292 g/mol. The molecule has 0 saturated heterocycles. The van der Waals surface area contributed by atoms with E-state index in [-0.39, 0.29) is 6.10 Å². The number of hydrogen-bond acceptors (Lipinski definition) is 1. The van der Waals surface area contributed by atoms with Crippen molar-refractivity contribution in [1.29, 1.82) is 0 Å². The second kappa shape index (κ2) is 5.12. The fourth-order valence-electron chi connectivity index (χ4n) is 7.90. The summed E-state index contributed by atoms with van der Waals surface area (Å²) in [6.07, 6.45) is 14.8. The molecule has 0 heterocycles. The van der Waals surface area contributed by atoms with Gasteiger partial charge in [-0.05, 0) is 104 Å². The van der Waals surface area contributed by atoms with E-state index >= 15 is 0 Å². The third kappa shape index (κ3) is 2.03. The van der Waals surface area contributed by atoms with Crippen LogP contribution in [0.1, 0.15) is 78.6 Å². The number of allylic oxidation sites excluding steroid dienone is 2. The van der Waals surface area contributed by atoms with Gasteiger partial charge in [0.1, 0.15) is 0 Å². The molecule has 0 aromatic heterocycles. The summed E-state index contributed by atoms with van der Waals surface area (Å²) >= 11 is 0. The van der Waals surface area contributed by atoms with Crippen LogP contribution >= 0.6 is 0 Å². The van der Waals surface area contributed by atoms with E-state index in [1.165, 1.54) is 51.4 Å². The summed E-state index contributed by atoms with van der Waals surface area (Å²) in [5.41, 5.74) is 2.74. The molecule has 0 aromatic carbocycles. The molecule has 0 bridgehead atoms. The maximum atomic E-state index is 11.2. The highest BCUT2D eigenvalue weighted by Crippen LogP contribution is 2.67. The zero-order valence-corrected chi connectivity index (χ0v) is 15.9. The Hall–Kier alpha value is -0.300. The van der Waals surface area contributed by atoms with E-state index in [0.717, 1.165) is 30.1 Å². The van der Waals surface area contributed by atoms with Crippen molar-refractivity contribution in [2.75, 3.05) is 0 Å². The van der Waals surface area contributed by atoms with Crippen molar-refractivity contribution in [2.24, 2.45) is 46.3 Å². The number of hydrogen-bond donors (Lipinski definition) is 1. The minimum atomic E-state index is -0.0437. The van der Waals surface area contributed by atoms with Gasteiger partial charge >= 0.3 is 0 Å². The highest BCUT2D eigenvalue weighted by atomic mass is 16.3.